The van der Waals surface area contributed by atoms with Crippen molar-refractivity contribution in [2.24, 2.45) is 5.92 Å². The van der Waals surface area contributed by atoms with Gasteiger partial charge in [-0.1, -0.05) is 0 Å². The molecule has 2 heterocycles. The zero-order valence-corrected chi connectivity index (χ0v) is 13.1. The molecule has 1 amide bonds. The maximum absolute atomic E-state index is 12.9. The zero-order valence-electron chi connectivity index (χ0n) is 13.1. The van der Waals surface area contributed by atoms with Crippen LogP contribution >= 0.6 is 0 Å². The predicted octanol–water partition coefficient (Wildman–Crippen LogP) is 1.82. The van der Waals surface area contributed by atoms with Crippen LogP contribution in [0, 0.1) is 12.8 Å². The average molecular weight is 290 g/mol. The molecule has 1 N–H and O–H groups in total. The molecular weight excluding hydrogens is 264 g/mol. The Morgan fingerprint density at radius 1 is 1.38 bits per heavy atom. The fourth-order valence-electron chi connectivity index (χ4n) is 3.23. The van der Waals surface area contributed by atoms with E-state index in [9.17, 15) is 4.79 Å². The van der Waals surface area contributed by atoms with Gasteiger partial charge in [-0.25, -0.2) is 0 Å². The minimum Gasteiger partial charge on any atom is -0.334 e. The van der Waals surface area contributed by atoms with Crippen LogP contribution in [0.4, 0.5) is 0 Å². The molecule has 5 heteroatoms. The van der Waals surface area contributed by atoms with E-state index in [2.05, 4.69) is 15.3 Å². The molecular formula is C16H26N4O. The third-order valence-electron chi connectivity index (χ3n) is 4.58. The minimum atomic E-state index is 0.179. The molecule has 2 aliphatic rings. The van der Waals surface area contributed by atoms with Gasteiger partial charge in [0.05, 0.1) is 5.69 Å². The van der Waals surface area contributed by atoms with E-state index in [1.54, 1.807) is 0 Å². The van der Waals surface area contributed by atoms with Crippen LogP contribution in [-0.4, -0.2) is 46.3 Å². The van der Waals surface area contributed by atoms with Gasteiger partial charge >= 0.3 is 0 Å². The van der Waals surface area contributed by atoms with Crippen LogP contribution in [-0.2, 0) is 6.54 Å². The van der Waals surface area contributed by atoms with Crippen molar-refractivity contribution in [2.45, 2.75) is 52.1 Å². The van der Waals surface area contributed by atoms with Gasteiger partial charge in [-0.05, 0) is 64.6 Å². The number of aryl methyl sites for hydroxylation is 2. The van der Waals surface area contributed by atoms with E-state index in [0.29, 0.717) is 12.0 Å². The number of hydrogen-bond acceptors (Lipinski definition) is 3. The van der Waals surface area contributed by atoms with Crippen LogP contribution in [0.2, 0.25) is 0 Å². The molecule has 3 rings (SSSR count). The molecule has 1 aromatic heterocycles. The number of amides is 1. The number of hydrogen-bond donors (Lipinski definition) is 1. The van der Waals surface area contributed by atoms with Gasteiger partial charge in [0, 0.05) is 19.1 Å². The first-order valence-corrected chi connectivity index (χ1v) is 8.25. The van der Waals surface area contributed by atoms with Gasteiger partial charge in [0.1, 0.15) is 5.69 Å². The molecule has 5 nitrogen and oxygen atoms in total. The Labute approximate surface area is 126 Å². The van der Waals surface area contributed by atoms with Crippen molar-refractivity contribution in [3.8, 4) is 0 Å². The second-order valence-electron chi connectivity index (χ2n) is 6.37. The Morgan fingerprint density at radius 3 is 2.71 bits per heavy atom. The minimum absolute atomic E-state index is 0.179. The number of nitrogens with zero attached hydrogens (tertiary/aromatic N) is 3. The first-order chi connectivity index (χ1) is 10.2. The van der Waals surface area contributed by atoms with E-state index in [4.69, 9.17) is 0 Å². The van der Waals surface area contributed by atoms with Crippen LogP contribution in [0.25, 0.3) is 0 Å². The second kappa shape index (κ2) is 6.18. The Kier molecular flexibility index (Phi) is 4.29. The van der Waals surface area contributed by atoms with Crippen molar-refractivity contribution in [3.05, 3.63) is 17.5 Å². The van der Waals surface area contributed by atoms with Crippen molar-refractivity contribution in [1.82, 2.24) is 20.0 Å². The quantitative estimate of drug-likeness (QED) is 0.900. The largest absolute Gasteiger partial charge is 0.334 e. The zero-order chi connectivity index (χ0) is 14.8. The van der Waals surface area contributed by atoms with Gasteiger partial charge in [-0.2, -0.15) is 5.10 Å². The molecule has 21 heavy (non-hydrogen) atoms. The molecule has 1 saturated carbocycles. The summed E-state index contributed by atoms with van der Waals surface area (Å²) in [6, 6.07) is 2.40. The highest BCUT2D eigenvalue weighted by Gasteiger charge is 2.35. The van der Waals surface area contributed by atoms with Gasteiger partial charge in [0.2, 0.25) is 0 Å². The van der Waals surface area contributed by atoms with Gasteiger partial charge in [0.25, 0.3) is 5.91 Å². The smallest absolute Gasteiger partial charge is 0.272 e. The summed E-state index contributed by atoms with van der Waals surface area (Å²) in [6.07, 6.45) is 4.69. The van der Waals surface area contributed by atoms with E-state index < -0.39 is 0 Å². The number of rotatable bonds is 5. The highest BCUT2D eigenvalue weighted by molar-refractivity contribution is 5.93. The van der Waals surface area contributed by atoms with Gasteiger partial charge in [-0.15, -0.1) is 0 Å². The number of nitrogens with one attached hydrogen (secondary N) is 1. The molecule has 0 atom stereocenters. The van der Waals surface area contributed by atoms with Crippen molar-refractivity contribution in [2.75, 3.05) is 19.6 Å². The highest BCUT2D eigenvalue weighted by atomic mass is 16.2. The number of carbonyl (C=O) groups is 1. The standard InChI is InChI=1S/C16H26N4O/c1-3-20-15(10-12(2)18-20)16(21)19(14-4-5-14)11-13-6-8-17-9-7-13/h10,13-14,17H,3-9,11H2,1-2H3. The molecule has 2 fully saturated rings. The molecule has 1 aromatic rings. The third-order valence-corrected chi connectivity index (χ3v) is 4.58. The van der Waals surface area contributed by atoms with Crippen molar-refractivity contribution < 1.29 is 4.79 Å². The summed E-state index contributed by atoms with van der Waals surface area (Å²) in [4.78, 5) is 15.1. The van der Waals surface area contributed by atoms with Crippen LogP contribution < -0.4 is 5.32 Å². The number of piperidine rings is 1. The molecule has 116 valence electrons. The van der Waals surface area contributed by atoms with E-state index in [1.807, 2.05) is 24.6 Å². The first kappa shape index (κ1) is 14.6. The van der Waals surface area contributed by atoms with Crippen molar-refractivity contribution in [1.29, 1.82) is 0 Å². The molecule has 0 radical (unpaired) electrons. The molecule has 1 aliphatic heterocycles. The third kappa shape index (κ3) is 3.28. The van der Waals surface area contributed by atoms with Crippen LogP contribution in [0.3, 0.4) is 0 Å². The summed E-state index contributed by atoms with van der Waals surface area (Å²) in [5, 5.41) is 7.82. The lowest BCUT2D eigenvalue weighted by molar-refractivity contribution is 0.0689. The summed E-state index contributed by atoms with van der Waals surface area (Å²) in [5.74, 6) is 0.827. The monoisotopic (exact) mass is 290 g/mol. The summed E-state index contributed by atoms with van der Waals surface area (Å²) < 4.78 is 1.84. The SMILES string of the molecule is CCn1nc(C)cc1C(=O)N(CC1CCNCC1)C1CC1. The van der Waals surface area contributed by atoms with Crippen molar-refractivity contribution >= 4 is 5.91 Å². The summed E-state index contributed by atoms with van der Waals surface area (Å²) in [7, 11) is 0. The maximum Gasteiger partial charge on any atom is 0.272 e. The summed E-state index contributed by atoms with van der Waals surface area (Å²) in [5.41, 5.74) is 1.69. The van der Waals surface area contributed by atoms with Gasteiger partial charge in [0.15, 0.2) is 0 Å². The van der Waals surface area contributed by atoms with Gasteiger partial charge in [-0.3, -0.25) is 9.48 Å². The van der Waals surface area contributed by atoms with Crippen LogP contribution in [0.1, 0.15) is 48.8 Å². The summed E-state index contributed by atoms with van der Waals surface area (Å²) in [6.45, 7) is 7.83. The second-order valence-corrected chi connectivity index (χ2v) is 6.37. The first-order valence-electron chi connectivity index (χ1n) is 8.25. The fraction of sp³-hybridized carbons (Fsp3) is 0.750. The highest BCUT2D eigenvalue weighted by Crippen LogP contribution is 2.30. The Morgan fingerprint density at radius 2 is 2.10 bits per heavy atom. The Hall–Kier alpha value is -1.36. The lowest BCUT2D eigenvalue weighted by atomic mass is 9.97. The maximum atomic E-state index is 12.9. The lowest BCUT2D eigenvalue weighted by Crippen LogP contribution is -2.41. The van der Waals surface area contributed by atoms with Gasteiger partial charge < -0.3 is 10.2 Å². The molecule has 0 bridgehead atoms. The Bertz CT molecular complexity index is 500. The molecule has 0 spiro atoms. The average Bonchev–Trinajstić information content (AvgIpc) is 3.27. The van der Waals surface area contributed by atoms with Crippen molar-refractivity contribution in [3.63, 3.8) is 0 Å². The van der Waals surface area contributed by atoms with Crippen LogP contribution in [0.5, 0.6) is 0 Å². The summed E-state index contributed by atoms with van der Waals surface area (Å²) >= 11 is 0. The predicted molar refractivity (Wildman–Crippen MR) is 82.3 cm³/mol. The van der Waals surface area contributed by atoms with E-state index in [0.717, 1.165) is 50.4 Å². The molecule has 0 aromatic carbocycles. The van der Waals surface area contributed by atoms with E-state index in [1.165, 1.54) is 12.8 Å². The van der Waals surface area contributed by atoms with Crippen LogP contribution in [0.15, 0.2) is 6.07 Å². The molecule has 0 unspecified atom stereocenters. The van der Waals surface area contributed by atoms with E-state index in [-0.39, 0.29) is 5.91 Å². The Balaban J connectivity index is 1.74. The van der Waals surface area contributed by atoms with E-state index >= 15 is 0 Å². The number of aromatic nitrogens is 2. The number of carbonyl (C=O) groups excluding carboxylic acids is 1. The normalized spacial score (nSPS) is 19.7. The lowest BCUT2D eigenvalue weighted by Gasteiger charge is -2.30. The molecule has 1 aliphatic carbocycles. The topological polar surface area (TPSA) is 50.2 Å². The fourth-order valence-corrected chi connectivity index (χ4v) is 3.23. The molecule has 1 saturated heterocycles.